The second-order valence-corrected chi connectivity index (χ2v) is 8.08. The van der Waals surface area contributed by atoms with E-state index in [2.05, 4.69) is 9.97 Å². The molecule has 0 aliphatic carbocycles. The van der Waals surface area contributed by atoms with E-state index in [4.69, 9.17) is 0 Å². The first-order valence-electron chi connectivity index (χ1n) is 7.28. The third kappa shape index (κ3) is 3.44. The summed E-state index contributed by atoms with van der Waals surface area (Å²) in [6, 6.07) is 4.99. The molecule has 13 heteroatoms. The molecule has 0 N–H and O–H groups in total. The molecule has 0 saturated carbocycles. The van der Waals surface area contributed by atoms with Crippen molar-refractivity contribution in [3.8, 4) is 11.4 Å². The van der Waals surface area contributed by atoms with E-state index in [0.29, 0.717) is 12.3 Å². The number of hydrogen-bond acceptors (Lipinski definition) is 4. The number of hydrogen-bond donors (Lipinski definition) is 0. The summed E-state index contributed by atoms with van der Waals surface area (Å²) in [5, 5.41) is 0. The largest absolute Gasteiger partial charge is 0.501 e. The Hall–Kier alpha value is -1.90. The average molecular weight is 535 g/mol. The fraction of sp³-hybridized carbons (Fsp3) is 0.200. The smallest absolute Gasteiger partial charge is 0.299 e. The summed E-state index contributed by atoms with van der Waals surface area (Å²) < 4.78 is 103. The predicted molar refractivity (Wildman–Crippen MR) is 95.2 cm³/mol. The number of alkyl halides is 7. The van der Waals surface area contributed by atoms with Crippen molar-refractivity contribution in [1.82, 2.24) is 14.5 Å². The summed E-state index contributed by atoms with van der Waals surface area (Å²) in [5.74, 6) is -0.236. The minimum absolute atomic E-state index is 0.0170. The maximum Gasteiger partial charge on any atom is 0.501 e. The van der Waals surface area contributed by atoms with Crippen LogP contribution in [0.2, 0.25) is 0 Å². The van der Waals surface area contributed by atoms with Crippen molar-refractivity contribution >= 4 is 43.6 Å². The SMILES string of the molecule is O=S(=O)(c1ccccc1-c1nc2cc(C(F)(F)F)cnc2n1CI)C(F)(F)F. The lowest BCUT2D eigenvalue weighted by Crippen LogP contribution is -2.24. The van der Waals surface area contributed by atoms with E-state index in [-0.39, 0.29) is 27.1 Å². The highest BCUT2D eigenvalue weighted by molar-refractivity contribution is 14.1. The molecule has 150 valence electrons. The first-order chi connectivity index (χ1) is 12.9. The highest BCUT2D eigenvalue weighted by Gasteiger charge is 2.48. The Bertz CT molecular complexity index is 1150. The molecule has 5 nitrogen and oxygen atoms in total. The average Bonchev–Trinajstić information content (AvgIpc) is 2.97. The summed E-state index contributed by atoms with van der Waals surface area (Å²) in [4.78, 5) is 6.62. The van der Waals surface area contributed by atoms with Gasteiger partial charge in [-0.15, -0.1) is 0 Å². The number of rotatable bonds is 3. The number of nitrogens with zero attached hydrogens (tertiary/aromatic N) is 3. The molecule has 1 aromatic carbocycles. The van der Waals surface area contributed by atoms with Gasteiger partial charge in [-0.05, 0) is 18.2 Å². The number of sulfone groups is 1. The van der Waals surface area contributed by atoms with Gasteiger partial charge in [0.1, 0.15) is 11.3 Å². The van der Waals surface area contributed by atoms with Crippen molar-refractivity contribution in [3.05, 3.63) is 42.1 Å². The molecule has 3 rings (SSSR count). The van der Waals surface area contributed by atoms with Crippen LogP contribution in [-0.2, 0) is 20.6 Å². The molecule has 0 saturated heterocycles. The molecule has 0 atom stereocenters. The lowest BCUT2D eigenvalue weighted by Gasteiger charge is -2.13. The van der Waals surface area contributed by atoms with Crippen molar-refractivity contribution in [2.24, 2.45) is 0 Å². The predicted octanol–water partition coefficient (Wildman–Crippen LogP) is 4.80. The van der Waals surface area contributed by atoms with Crippen LogP contribution in [0.15, 0.2) is 41.4 Å². The van der Waals surface area contributed by atoms with Gasteiger partial charge in [-0.25, -0.2) is 18.4 Å². The quantitative estimate of drug-likeness (QED) is 0.275. The van der Waals surface area contributed by atoms with Gasteiger partial charge in [0.15, 0.2) is 5.65 Å². The molecule has 0 amide bonds. The minimum Gasteiger partial charge on any atom is -0.299 e. The van der Waals surface area contributed by atoms with Crippen molar-refractivity contribution in [1.29, 1.82) is 0 Å². The van der Waals surface area contributed by atoms with Gasteiger partial charge in [0.05, 0.1) is 15.0 Å². The highest BCUT2D eigenvalue weighted by Crippen LogP contribution is 2.37. The molecule has 3 aromatic rings. The van der Waals surface area contributed by atoms with E-state index in [9.17, 15) is 34.8 Å². The van der Waals surface area contributed by atoms with Crippen molar-refractivity contribution in [3.63, 3.8) is 0 Å². The van der Waals surface area contributed by atoms with Gasteiger partial charge >= 0.3 is 11.7 Å². The molecule has 2 heterocycles. The van der Waals surface area contributed by atoms with Crippen LogP contribution in [0.3, 0.4) is 0 Å². The Kier molecular flexibility index (Phi) is 5.10. The molecular formula is C15H8F6IN3O2S. The Morgan fingerprint density at radius 3 is 2.29 bits per heavy atom. The first kappa shape index (κ1) is 20.8. The van der Waals surface area contributed by atoms with Gasteiger partial charge in [-0.3, -0.25) is 4.57 Å². The monoisotopic (exact) mass is 535 g/mol. The van der Waals surface area contributed by atoms with E-state index < -0.39 is 32.0 Å². The van der Waals surface area contributed by atoms with Crippen molar-refractivity contribution < 1.29 is 34.8 Å². The van der Waals surface area contributed by atoms with E-state index in [1.807, 2.05) is 22.6 Å². The number of fused-ring (bicyclic) bond motifs is 1. The van der Waals surface area contributed by atoms with Crippen LogP contribution in [0.1, 0.15) is 5.56 Å². The molecule has 0 radical (unpaired) electrons. The van der Waals surface area contributed by atoms with Gasteiger partial charge in [0.2, 0.25) is 0 Å². The molecule has 0 aliphatic heterocycles. The Morgan fingerprint density at radius 2 is 1.71 bits per heavy atom. The number of aromatic nitrogens is 3. The van der Waals surface area contributed by atoms with Crippen LogP contribution in [0.4, 0.5) is 26.3 Å². The Morgan fingerprint density at radius 1 is 1.07 bits per heavy atom. The zero-order chi connectivity index (χ0) is 20.9. The third-order valence-corrected chi connectivity index (χ3v) is 5.98. The van der Waals surface area contributed by atoms with Crippen molar-refractivity contribution in [2.45, 2.75) is 21.1 Å². The topological polar surface area (TPSA) is 64.8 Å². The molecule has 2 aromatic heterocycles. The second-order valence-electron chi connectivity index (χ2n) is 5.49. The molecule has 0 aliphatic rings. The van der Waals surface area contributed by atoms with Crippen LogP contribution in [0.5, 0.6) is 0 Å². The molecule has 28 heavy (non-hydrogen) atoms. The summed E-state index contributed by atoms with van der Waals surface area (Å²) >= 11 is 1.81. The van der Waals surface area contributed by atoms with Crippen molar-refractivity contribution in [2.75, 3.05) is 0 Å². The van der Waals surface area contributed by atoms with Gasteiger partial charge in [0.25, 0.3) is 9.84 Å². The zero-order valence-electron chi connectivity index (χ0n) is 13.4. The number of halogens is 7. The van der Waals surface area contributed by atoms with Crippen LogP contribution in [0.25, 0.3) is 22.6 Å². The Labute approximate surface area is 167 Å². The summed E-state index contributed by atoms with van der Waals surface area (Å²) in [7, 11) is -5.71. The normalized spacial score (nSPS) is 13.2. The maximum absolute atomic E-state index is 13.0. The van der Waals surface area contributed by atoms with E-state index in [0.717, 1.165) is 18.2 Å². The lowest BCUT2D eigenvalue weighted by atomic mass is 10.2. The number of imidazole rings is 1. The molecule has 0 unspecified atom stereocenters. The third-order valence-electron chi connectivity index (χ3n) is 3.75. The summed E-state index contributed by atoms with van der Waals surface area (Å²) in [6.07, 6.45) is -4.11. The van der Waals surface area contributed by atoms with Gasteiger partial charge in [-0.2, -0.15) is 26.3 Å². The first-order valence-corrected chi connectivity index (χ1v) is 10.3. The number of pyridine rings is 1. The van der Waals surface area contributed by atoms with Gasteiger partial charge in [0, 0.05) is 11.8 Å². The zero-order valence-corrected chi connectivity index (χ0v) is 16.4. The van der Waals surface area contributed by atoms with Crippen LogP contribution >= 0.6 is 22.6 Å². The molecule has 0 spiro atoms. The number of benzene rings is 1. The fourth-order valence-corrected chi connectivity index (χ4v) is 4.10. The Balaban J connectivity index is 2.31. The minimum atomic E-state index is -5.71. The molecule has 0 fully saturated rings. The van der Waals surface area contributed by atoms with E-state index >= 15 is 0 Å². The van der Waals surface area contributed by atoms with Crippen LogP contribution in [-0.4, -0.2) is 28.5 Å². The molecule has 0 bridgehead atoms. The summed E-state index contributed by atoms with van der Waals surface area (Å²) in [5.41, 5.74) is -7.26. The van der Waals surface area contributed by atoms with Crippen LogP contribution < -0.4 is 0 Å². The maximum atomic E-state index is 13.0. The molecular weight excluding hydrogens is 527 g/mol. The lowest BCUT2D eigenvalue weighted by molar-refractivity contribution is -0.137. The van der Waals surface area contributed by atoms with Gasteiger partial charge in [-0.1, -0.05) is 34.7 Å². The van der Waals surface area contributed by atoms with Gasteiger partial charge < -0.3 is 0 Å². The summed E-state index contributed by atoms with van der Waals surface area (Å²) in [6.45, 7) is 0. The van der Waals surface area contributed by atoms with E-state index in [1.165, 1.54) is 10.6 Å². The van der Waals surface area contributed by atoms with E-state index in [1.54, 1.807) is 0 Å². The standard InChI is InChI=1S/C15H8F6IN3O2S/c16-14(17,18)8-5-10-13(23-6-8)25(7-22)12(24-10)9-3-1-2-4-11(9)28(26,27)15(19,20)21/h1-6H,7H2. The second kappa shape index (κ2) is 6.86. The van der Waals surface area contributed by atoms with Crippen LogP contribution in [0, 0.1) is 0 Å². The fourth-order valence-electron chi connectivity index (χ4n) is 2.50. The highest BCUT2D eigenvalue weighted by atomic mass is 127.